The molecule has 0 fully saturated rings. The van der Waals surface area contributed by atoms with E-state index in [9.17, 15) is 4.79 Å². The number of nitrogens with one attached hydrogen (secondary N) is 1. The van der Waals surface area contributed by atoms with Crippen LogP contribution in [-0.2, 0) is 9.53 Å². The van der Waals surface area contributed by atoms with Crippen LogP contribution in [0.1, 0.15) is 20.3 Å². The quantitative estimate of drug-likeness (QED) is 0.357. The molecule has 0 aromatic carbocycles. The summed E-state index contributed by atoms with van der Waals surface area (Å²) in [5.74, 6) is 0.0187. The third-order valence-electron chi connectivity index (χ3n) is 1.31. The van der Waals surface area contributed by atoms with Gasteiger partial charge in [0.25, 0.3) is 6.02 Å². The normalized spacial score (nSPS) is 11.1. The van der Waals surface area contributed by atoms with Crippen molar-refractivity contribution >= 4 is 11.9 Å². The zero-order valence-corrected chi connectivity index (χ0v) is 8.17. The van der Waals surface area contributed by atoms with Gasteiger partial charge in [-0.2, -0.15) is 0 Å². The molecule has 13 heavy (non-hydrogen) atoms. The number of carbonyl (C=O) groups excluding carboxylic acids is 1. The van der Waals surface area contributed by atoms with Gasteiger partial charge in [0.05, 0.1) is 13.2 Å². The molecule has 0 aliphatic carbocycles. The van der Waals surface area contributed by atoms with Crippen molar-refractivity contribution in [3.05, 3.63) is 0 Å². The molecule has 0 saturated heterocycles. The van der Waals surface area contributed by atoms with Gasteiger partial charge in [-0.3, -0.25) is 4.79 Å². The fourth-order valence-corrected chi connectivity index (χ4v) is 0.680. The lowest BCUT2D eigenvalue weighted by molar-refractivity contribution is -0.120. The molecule has 0 atom stereocenters. The molecule has 0 radical (unpaired) electrons. The summed E-state index contributed by atoms with van der Waals surface area (Å²) in [6, 6.07) is 0.174. The Bertz CT molecular complexity index is 180. The highest BCUT2D eigenvalue weighted by Crippen LogP contribution is 1.77. The van der Waals surface area contributed by atoms with Crippen molar-refractivity contribution in [3.63, 3.8) is 0 Å². The van der Waals surface area contributed by atoms with Crippen molar-refractivity contribution in [1.82, 2.24) is 5.32 Å². The minimum Gasteiger partial charge on any atom is -0.466 e. The Hall–Kier alpha value is -1.26. The molecule has 5 heteroatoms. The molecule has 76 valence electrons. The first kappa shape index (κ1) is 11.7. The fraction of sp³-hybridized carbons (Fsp3) is 0.750. The van der Waals surface area contributed by atoms with E-state index < -0.39 is 0 Å². The second-order valence-corrected chi connectivity index (χ2v) is 2.36. The summed E-state index contributed by atoms with van der Waals surface area (Å²) in [5.41, 5.74) is 5.35. The average molecular weight is 187 g/mol. The number of amidine groups is 1. The lowest BCUT2D eigenvalue weighted by Crippen LogP contribution is -2.26. The van der Waals surface area contributed by atoms with E-state index in [1.165, 1.54) is 0 Å². The first-order chi connectivity index (χ1) is 6.20. The number of rotatable bonds is 5. The summed E-state index contributed by atoms with van der Waals surface area (Å²) in [6.07, 6.45) is 0.491. The van der Waals surface area contributed by atoms with E-state index in [2.05, 4.69) is 10.3 Å². The topological polar surface area (TPSA) is 76.7 Å². The molecule has 1 amide bonds. The van der Waals surface area contributed by atoms with Gasteiger partial charge in [0, 0.05) is 13.0 Å². The van der Waals surface area contributed by atoms with Crippen LogP contribution in [0.15, 0.2) is 4.99 Å². The number of nitrogens with two attached hydrogens (primary N) is 1. The van der Waals surface area contributed by atoms with Crippen LogP contribution >= 0.6 is 0 Å². The number of carbonyl (C=O) groups is 1. The number of aliphatic imine (C=N–C) groups is 1. The van der Waals surface area contributed by atoms with Crippen LogP contribution in [0, 0.1) is 0 Å². The average Bonchev–Trinajstić information content (AvgIpc) is 2.12. The van der Waals surface area contributed by atoms with Crippen molar-refractivity contribution in [3.8, 4) is 0 Å². The minimum absolute atomic E-state index is 0.0187. The van der Waals surface area contributed by atoms with Gasteiger partial charge in [0.2, 0.25) is 5.91 Å². The van der Waals surface area contributed by atoms with Gasteiger partial charge >= 0.3 is 0 Å². The van der Waals surface area contributed by atoms with Crippen LogP contribution in [0.25, 0.3) is 0 Å². The van der Waals surface area contributed by atoms with Crippen LogP contribution in [0.2, 0.25) is 0 Å². The molecule has 0 aliphatic heterocycles. The van der Waals surface area contributed by atoms with E-state index in [4.69, 9.17) is 10.5 Å². The maximum Gasteiger partial charge on any atom is 0.281 e. The maximum atomic E-state index is 10.8. The Morgan fingerprint density at radius 2 is 2.23 bits per heavy atom. The number of ether oxygens (including phenoxy) is 1. The van der Waals surface area contributed by atoms with Gasteiger partial charge in [-0.05, 0) is 6.92 Å². The smallest absolute Gasteiger partial charge is 0.281 e. The first-order valence-corrected chi connectivity index (χ1v) is 4.40. The van der Waals surface area contributed by atoms with Crippen LogP contribution < -0.4 is 11.1 Å². The summed E-state index contributed by atoms with van der Waals surface area (Å²) in [6.45, 7) is 5.10. The van der Waals surface area contributed by atoms with E-state index >= 15 is 0 Å². The SMILES string of the molecule is CCOC(N)=NCCNC(=O)CC. The number of hydrogen-bond acceptors (Lipinski definition) is 3. The standard InChI is InChI=1S/C8H17N3O2/c1-3-7(12)10-5-6-11-8(9)13-4-2/h3-6H2,1-2H3,(H2,9,11)(H,10,12). The summed E-state index contributed by atoms with van der Waals surface area (Å²) < 4.78 is 4.89. The predicted molar refractivity (Wildman–Crippen MR) is 51.4 cm³/mol. The van der Waals surface area contributed by atoms with Gasteiger partial charge in [0.15, 0.2) is 0 Å². The first-order valence-electron chi connectivity index (χ1n) is 4.40. The van der Waals surface area contributed by atoms with Crippen molar-refractivity contribution < 1.29 is 9.53 Å². The zero-order chi connectivity index (χ0) is 10.1. The third kappa shape index (κ3) is 7.11. The van der Waals surface area contributed by atoms with Crippen molar-refractivity contribution in [2.45, 2.75) is 20.3 Å². The lowest BCUT2D eigenvalue weighted by Gasteiger charge is -2.02. The highest BCUT2D eigenvalue weighted by molar-refractivity contribution is 5.75. The third-order valence-corrected chi connectivity index (χ3v) is 1.31. The van der Waals surface area contributed by atoms with Crippen molar-refractivity contribution in [1.29, 1.82) is 0 Å². The molecule has 3 N–H and O–H groups in total. The van der Waals surface area contributed by atoms with Gasteiger partial charge in [0.1, 0.15) is 0 Å². The van der Waals surface area contributed by atoms with Gasteiger partial charge in [-0.25, -0.2) is 4.99 Å². The van der Waals surface area contributed by atoms with E-state index in [-0.39, 0.29) is 11.9 Å². The minimum atomic E-state index is 0.0187. The zero-order valence-electron chi connectivity index (χ0n) is 8.17. The number of amides is 1. The van der Waals surface area contributed by atoms with Gasteiger partial charge in [-0.15, -0.1) is 0 Å². The molecule has 0 heterocycles. The highest BCUT2D eigenvalue weighted by atomic mass is 16.5. The van der Waals surface area contributed by atoms with Crippen LogP contribution in [0.5, 0.6) is 0 Å². The molecule has 0 bridgehead atoms. The summed E-state index contributed by atoms with van der Waals surface area (Å²) >= 11 is 0. The Labute approximate surface area is 78.4 Å². The predicted octanol–water partition coefficient (Wildman–Crippen LogP) is -0.136. The van der Waals surface area contributed by atoms with E-state index in [1.54, 1.807) is 6.92 Å². The fourth-order valence-electron chi connectivity index (χ4n) is 0.680. The maximum absolute atomic E-state index is 10.8. The van der Waals surface area contributed by atoms with Crippen LogP contribution in [0.3, 0.4) is 0 Å². The summed E-state index contributed by atoms with van der Waals surface area (Å²) in [7, 11) is 0. The molecule has 5 nitrogen and oxygen atoms in total. The molecule has 0 spiro atoms. The van der Waals surface area contributed by atoms with Crippen LogP contribution in [0.4, 0.5) is 0 Å². The summed E-state index contributed by atoms with van der Waals surface area (Å²) in [4.78, 5) is 14.6. The summed E-state index contributed by atoms with van der Waals surface area (Å²) in [5, 5.41) is 2.67. The molecular weight excluding hydrogens is 170 g/mol. The Morgan fingerprint density at radius 1 is 1.54 bits per heavy atom. The molecule has 0 aromatic heterocycles. The molecule has 0 rings (SSSR count). The second-order valence-electron chi connectivity index (χ2n) is 2.36. The monoisotopic (exact) mass is 187 g/mol. The van der Waals surface area contributed by atoms with Crippen LogP contribution in [-0.4, -0.2) is 31.6 Å². The van der Waals surface area contributed by atoms with Gasteiger partial charge in [-0.1, -0.05) is 6.92 Å². The second kappa shape index (κ2) is 7.39. The number of nitrogens with zero attached hydrogens (tertiary/aromatic N) is 1. The Kier molecular flexibility index (Phi) is 6.68. The molecule has 0 aromatic rings. The van der Waals surface area contributed by atoms with E-state index in [1.807, 2.05) is 6.92 Å². The van der Waals surface area contributed by atoms with Crippen molar-refractivity contribution in [2.75, 3.05) is 19.7 Å². The Balaban J connectivity index is 3.43. The lowest BCUT2D eigenvalue weighted by atomic mass is 10.4. The largest absolute Gasteiger partial charge is 0.466 e. The molecular formula is C8H17N3O2. The van der Waals surface area contributed by atoms with Gasteiger partial charge < -0.3 is 15.8 Å². The van der Waals surface area contributed by atoms with E-state index in [0.29, 0.717) is 26.1 Å². The molecule has 0 aliphatic rings. The number of hydrogen-bond donors (Lipinski definition) is 2. The highest BCUT2D eigenvalue weighted by Gasteiger charge is 1.94. The van der Waals surface area contributed by atoms with Crippen molar-refractivity contribution in [2.24, 2.45) is 10.7 Å². The Morgan fingerprint density at radius 3 is 2.77 bits per heavy atom. The van der Waals surface area contributed by atoms with E-state index in [0.717, 1.165) is 0 Å². The molecule has 0 saturated carbocycles. The molecule has 0 unspecified atom stereocenters.